The van der Waals surface area contributed by atoms with E-state index in [1.807, 2.05) is 35.2 Å². The van der Waals surface area contributed by atoms with Crippen LogP contribution in [0.2, 0.25) is 0 Å². The molecule has 4 rings (SSSR count). The van der Waals surface area contributed by atoms with E-state index in [9.17, 15) is 9.18 Å². The monoisotopic (exact) mass is 369 g/mol. The molecule has 0 aliphatic carbocycles. The van der Waals surface area contributed by atoms with E-state index in [2.05, 4.69) is 0 Å². The van der Waals surface area contributed by atoms with Gasteiger partial charge in [0.15, 0.2) is 11.5 Å². The number of carbonyl (C=O) groups is 1. The van der Waals surface area contributed by atoms with Crippen LogP contribution >= 0.6 is 0 Å². The number of benzene rings is 2. The minimum Gasteiger partial charge on any atom is -0.486 e. The first kappa shape index (κ1) is 17.8. The van der Waals surface area contributed by atoms with Crippen molar-refractivity contribution < 1.29 is 18.7 Å². The molecular formula is C22H24FNO3. The van der Waals surface area contributed by atoms with Crippen LogP contribution < -0.4 is 9.47 Å². The van der Waals surface area contributed by atoms with Gasteiger partial charge in [0.1, 0.15) is 19.0 Å². The minimum atomic E-state index is -0.196. The molecule has 0 bridgehead atoms. The zero-order valence-electron chi connectivity index (χ0n) is 15.3. The predicted octanol–water partition coefficient (Wildman–Crippen LogP) is 3.62. The fourth-order valence-electron chi connectivity index (χ4n) is 3.82. The number of fused-ring (bicyclic) bond motifs is 1. The average Bonchev–Trinajstić information content (AvgIpc) is 2.70. The highest BCUT2D eigenvalue weighted by atomic mass is 19.1. The molecule has 0 unspecified atom stereocenters. The zero-order chi connectivity index (χ0) is 18.6. The van der Waals surface area contributed by atoms with Gasteiger partial charge in [-0.3, -0.25) is 4.79 Å². The molecule has 0 aromatic heterocycles. The van der Waals surface area contributed by atoms with E-state index in [1.165, 1.54) is 12.1 Å². The third-order valence-electron chi connectivity index (χ3n) is 5.37. The fourth-order valence-corrected chi connectivity index (χ4v) is 3.82. The SMILES string of the molecule is O=C(Cc1ccc2c(c1)OCCO2)N1CCC(Cc2ccc(F)cc2)CC1. The number of nitrogens with zero attached hydrogens (tertiary/aromatic N) is 1. The summed E-state index contributed by atoms with van der Waals surface area (Å²) in [4.78, 5) is 14.6. The number of piperidine rings is 1. The Hall–Kier alpha value is -2.56. The van der Waals surface area contributed by atoms with E-state index < -0.39 is 0 Å². The molecule has 2 aromatic carbocycles. The van der Waals surface area contributed by atoms with Gasteiger partial charge < -0.3 is 14.4 Å². The van der Waals surface area contributed by atoms with Gasteiger partial charge in [0.25, 0.3) is 0 Å². The number of hydrogen-bond donors (Lipinski definition) is 0. The van der Waals surface area contributed by atoms with Crippen molar-refractivity contribution in [3.8, 4) is 11.5 Å². The third-order valence-corrected chi connectivity index (χ3v) is 5.37. The van der Waals surface area contributed by atoms with Crippen molar-refractivity contribution in [2.24, 2.45) is 5.92 Å². The van der Waals surface area contributed by atoms with Gasteiger partial charge in [-0.15, -0.1) is 0 Å². The predicted molar refractivity (Wildman–Crippen MR) is 101 cm³/mol. The molecule has 2 aromatic rings. The van der Waals surface area contributed by atoms with Gasteiger partial charge in [-0.25, -0.2) is 4.39 Å². The Labute approximate surface area is 158 Å². The zero-order valence-corrected chi connectivity index (χ0v) is 15.3. The van der Waals surface area contributed by atoms with Crippen LogP contribution in [0.15, 0.2) is 42.5 Å². The van der Waals surface area contributed by atoms with Crippen LogP contribution in [0.1, 0.15) is 24.0 Å². The average molecular weight is 369 g/mol. The van der Waals surface area contributed by atoms with Crippen molar-refractivity contribution in [3.63, 3.8) is 0 Å². The molecule has 1 fully saturated rings. The number of likely N-dealkylation sites (tertiary alicyclic amines) is 1. The van der Waals surface area contributed by atoms with Crippen LogP contribution in [-0.4, -0.2) is 37.1 Å². The maximum Gasteiger partial charge on any atom is 0.226 e. The lowest BCUT2D eigenvalue weighted by atomic mass is 9.90. The van der Waals surface area contributed by atoms with Crippen LogP contribution in [0, 0.1) is 11.7 Å². The molecule has 2 heterocycles. The van der Waals surface area contributed by atoms with Crippen molar-refractivity contribution in [3.05, 3.63) is 59.4 Å². The second-order valence-electron chi connectivity index (χ2n) is 7.31. The Morgan fingerprint density at radius 2 is 1.63 bits per heavy atom. The molecule has 1 saturated heterocycles. The minimum absolute atomic E-state index is 0.159. The number of hydrogen-bond acceptors (Lipinski definition) is 3. The van der Waals surface area contributed by atoms with Crippen LogP contribution in [-0.2, 0) is 17.6 Å². The van der Waals surface area contributed by atoms with Crippen LogP contribution in [0.3, 0.4) is 0 Å². The second kappa shape index (κ2) is 7.99. The molecule has 0 atom stereocenters. The Kier molecular flexibility index (Phi) is 5.28. The summed E-state index contributed by atoms with van der Waals surface area (Å²) >= 11 is 0. The molecule has 2 aliphatic heterocycles. The first-order chi connectivity index (χ1) is 13.2. The number of ether oxygens (including phenoxy) is 2. The van der Waals surface area contributed by atoms with Crippen molar-refractivity contribution in [2.45, 2.75) is 25.7 Å². The Bertz CT molecular complexity index is 798. The lowest BCUT2D eigenvalue weighted by Gasteiger charge is -2.32. The summed E-state index contributed by atoms with van der Waals surface area (Å²) in [5, 5.41) is 0. The highest BCUT2D eigenvalue weighted by molar-refractivity contribution is 5.79. The smallest absolute Gasteiger partial charge is 0.226 e. The number of carbonyl (C=O) groups excluding carboxylic acids is 1. The Morgan fingerprint density at radius 3 is 2.37 bits per heavy atom. The summed E-state index contributed by atoms with van der Waals surface area (Å²) in [7, 11) is 0. The third kappa shape index (κ3) is 4.41. The summed E-state index contributed by atoms with van der Waals surface area (Å²) in [6.07, 6.45) is 3.32. The summed E-state index contributed by atoms with van der Waals surface area (Å²) < 4.78 is 24.1. The molecule has 27 heavy (non-hydrogen) atoms. The first-order valence-corrected chi connectivity index (χ1v) is 9.58. The molecule has 5 heteroatoms. The largest absolute Gasteiger partial charge is 0.486 e. The lowest BCUT2D eigenvalue weighted by Crippen LogP contribution is -2.39. The van der Waals surface area contributed by atoms with Gasteiger partial charge in [-0.1, -0.05) is 18.2 Å². The molecular weight excluding hydrogens is 345 g/mol. The number of rotatable bonds is 4. The molecule has 4 nitrogen and oxygen atoms in total. The van der Waals surface area contributed by atoms with Gasteiger partial charge in [0.05, 0.1) is 6.42 Å². The Morgan fingerprint density at radius 1 is 0.963 bits per heavy atom. The van der Waals surface area contributed by atoms with Gasteiger partial charge in [0.2, 0.25) is 5.91 Å². The van der Waals surface area contributed by atoms with E-state index in [4.69, 9.17) is 9.47 Å². The molecule has 0 radical (unpaired) electrons. The van der Waals surface area contributed by atoms with Gasteiger partial charge in [-0.2, -0.15) is 0 Å². The first-order valence-electron chi connectivity index (χ1n) is 9.58. The van der Waals surface area contributed by atoms with Gasteiger partial charge in [0, 0.05) is 13.1 Å². The highest BCUT2D eigenvalue weighted by Crippen LogP contribution is 2.31. The van der Waals surface area contributed by atoms with E-state index in [-0.39, 0.29) is 11.7 Å². The second-order valence-corrected chi connectivity index (χ2v) is 7.31. The van der Waals surface area contributed by atoms with Crippen LogP contribution in [0.4, 0.5) is 4.39 Å². The van der Waals surface area contributed by atoms with E-state index in [0.29, 0.717) is 25.6 Å². The van der Waals surface area contributed by atoms with Crippen molar-refractivity contribution in [2.75, 3.05) is 26.3 Å². The lowest BCUT2D eigenvalue weighted by molar-refractivity contribution is -0.131. The van der Waals surface area contributed by atoms with Crippen LogP contribution in [0.25, 0.3) is 0 Å². The van der Waals surface area contributed by atoms with Crippen molar-refractivity contribution in [1.82, 2.24) is 4.90 Å². The molecule has 1 amide bonds. The maximum absolute atomic E-state index is 13.0. The molecule has 2 aliphatic rings. The Balaban J connectivity index is 1.29. The summed E-state index contributed by atoms with van der Waals surface area (Å²) in [6, 6.07) is 12.5. The van der Waals surface area contributed by atoms with Crippen molar-refractivity contribution >= 4 is 5.91 Å². The normalized spacial score (nSPS) is 17.0. The number of amides is 1. The fraction of sp³-hybridized carbons (Fsp3) is 0.409. The maximum atomic E-state index is 13.0. The molecule has 0 N–H and O–H groups in total. The van der Waals surface area contributed by atoms with E-state index in [1.54, 1.807) is 0 Å². The summed E-state index contributed by atoms with van der Waals surface area (Å²) in [5.41, 5.74) is 2.12. The highest BCUT2D eigenvalue weighted by Gasteiger charge is 2.23. The van der Waals surface area contributed by atoms with E-state index in [0.717, 1.165) is 55.0 Å². The summed E-state index contributed by atoms with van der Waals surface area (Å²) in [5.74, 6) is 1.99. The standard InChI is InChI=1S/C22H24FNO3/c23-19-4-1-16(2-5-19)13-17-7-9-24(10-8-17)22(25)15-18-3-6-20-21(14-18)27-12-11-26-20/h1-6,14,17H,7-13,15H2. The van der Waals surface area contributed by atoms with E-state index >= 15 is 0 Å². The van der Waals surface area contributed by atoms with Gasteiger partial charge in [-0.05, 0) is 60.6 Å². The van der Waals surface area contributed by atoms with Crippen LogP contribution in [0.5, 0.6) is 11.5 Å². The number of halogens is 1. The molecule has 0 spiro atoms. The quantitative estimate of drug-likeness (QED) is 0.826. The van der Waals surface area contributed by atoms with Gasteiger partial charge >= 0.3 is 0 Å². The summed E-state index contributed by atoms with van der Waals surface area (Å²) in [6.45, 7) is 2.69. The molecule has 0 saturated carbocycles. The molecule has 142 valence electrons. The topological polar surface area (TPSA) is 38.8 Å². The van der Waals surface area contributed by atoms with Crippen molar-refractivity contribution in [1.29, 1.82) is 0 Å².